The Bertz CT molecular complexity index is 630. The largest absolute Gasteiger partial charge is 0.368 e. The molecular formula is C10H8N6. The fourth-order valence-corrected chi connectivity index (χ4v) is 1.56. The van der Waals surface area contributed by atoms with Crippen LogP contribution in [0.2, 0.25) is 0 Å². The van der Waals surface area contributed by atoms with Crippen molar-refractivity contribution in [2.75, 3.05) is 5.73 Å². The zero-order chi connectivity index (χ0) is 11.0. The van der Waals surface area contributed by atoms with Crippen LogP contribution in [0.5, 0.6) is 0 Å². The Labute approximate surface area is 90.6 Å². The lowest BCUT2D eigenvalue weighted by Gasteiger charge is -2.01. The van der Waals surface area contributed by atoms with Gasteiger partial charge in [-0.3, -0.25) is 4.98 Å². The van der Waals surface area contributed by atoms with E-state index in [1.165, 1.54) is 0 Å². The van der Waals surface area contributed by atoms with Gasteiger partial charge in [0.2, 0.25) is 5.95 Å². The number of nitrogen functional groups attached to an aromatic ring is 1. The third-order valence-corrected chi connectivity index (χ3v) is 2.24. The number of aromatic amines is 1. The number of aromatic nitrogens is 5. The fraction of sp³-hybridized carbons (Fsp3) is 0. The minimum absolute atomic E-state index is 0.207. The van der Waals surface area contributed by atoms with Crippen LogP contribution in [-0.4, -0.2) is 24.9 Å². The summed E-state index contributed by atoms with van der Waals surface area (Å²) >= 11 is 0. The number of H-pyrrole nitrogens is 1. The molecule has 0 bridgehead atoms. The standard InChI is InChI=1S/C10H8N6/c11-10-15-7(6-2-1-3-12-4-6)8-9(16-10)14-5-13-8/h1-5H,(H3,11,13,14,15,16). The van der Waals surface area contributed by atoms with Gasteiger partial charge in [0.25, 0.3) is 0 Å². The number of pyridine rings is 1. The van der Waals surface area contributed by atoms with Crippen LogP contribution in [-0.2, 0) is 0 Å². The smallest absolute Gasteiger partial charge is 0.222 e. The Balaban J connectivity index is 2.34. The number of nitrogens with two attached hydrogens (primary N) is 1. The van der Waals surface area contributed by atoms with Crippen LogP contribution in [0.3, 0.4) is 0 Å². The second-order valence-electron chi connectivity index (χ2n) is 3.27. The van der Waals surface area contributed by atoms with E-state index in [1.807, 2.05) is 12.1 Å². The molecule has 16 heavy (non-hydrogen) atoms. The number of rotatable bonds is 1. The monoisotopic (exact) mass is 212 g/mol. The normalized spacial score (nSPS) is 10.8. The van der Waals surface area contributed by atoms with E-state index in [1.54, 1.807) is 18.7 Å². The molecule has 0 unspecified atom stereocenters. The Morgan fingerprint density at radius 1 is 1.25 bits per heavy atom. The Morgan fingerprint density at radius 3 is 3.00 bits per heavy atom. The topological polar surface area (TPSA) is 93.4 Å². The van der Waals surface area contributed by atoms with Gasteiger partial charge in [-0.1, -0.05) is 0 Å². The molecule has 0 radical (unpaired) electrons. The summed E-state index contributed by atoms with van der Waals surface area (Å²) in [6.45, 7) is 0. The highest BCUT2D eigenvalue weighted by Gasteiger charge is 2.09. The first-order chi connectivity index (χ1) is 7.84. The maximum absolute atomic E-state index is 5.62. The maximum Gasteiger partial charge on any atom is 0.222 e. The second kappa shape index (κ2) is 3.27. The number of fused-ring (bicyclic) bond motifs is 1. The molecule has 3 N–H and O–H groups in total. The van der Waals surface area contributed by atoms with Gasteiger partial charge in [-0.05, 0) is 12.1 Å². The van der Waals surface area contributed by atoms with Crippen LogP contribution in [0.1, 0.15) is 0 Å². The number of anilines is 1. The van der Waals surface area contributed by atoms with Crippen LogP contribution in [0, 0.1) is 0 Å². The Hall–Kier alpha value is -2.50. The molecule has 0 aliphatic carbocycles. The van der Waals surface area contributed by atoms with Gasteiger partial charge in [0.15, 0.2) is 5.65 Å². The van der Waals surface area contributed by atoms with Crippen LogP contribution >= 0.6 is 0 Å². The molecule has 0 saturated heterocycles. The van der Waals surface area contributed by atoms with Crippen molar-refractivity contribution in [3.05, 3.63) is 30.9 Å². The fourth-order valence-electron chi connectivity index (χ4n) is 1.56. The minimum atomic E-state index is 0.207. The molecule has 6 heteroatoms. The lowest BCUT2D eigenvalue weighted by molar-refractivity contribution is 1.21. The van der Waals surface area contributed by atoms with Crippen molar-refractivity contribution in [3.8, 4) is 11.3 Å². The quantitative estimate of drug-likeness (QED) is 0.627. The maximum atomic E-state index is 5.62. The van der Waals surface area contributed by atoms with Gasteiger partial charge >= 0.3 is 0 Å². The number of hydrogen-bond acceptors (Lipinski definition) is 5. The van der Waals surface area contributed by atoms with Crippen LogP contribution in [0.15, 0.2) is 30.9 Å². The van der Waals surface area contributed by atoms with Crippen LogP contribution < -0.4 is 5.73 Å². The molecule has 0 aromatic carbocycles. The van der Waals surface area contributed by atoms with Gasteiger partial charge in [0.05, 0.1) is 6.33 Å². The van der Waals surface area contributed by atoms with E-state index in [0.29, 0.717) is 11.3 Å². The highest BCUT2D eigenvalue weighted by Crippen LogP contribution is 2.23. The highest BCUT2D eigenvalue weighted by atomic mass is 15.1. The number of hydrogen-bond donors (Lipinski definition) is 2. The predicted molar refractivity (Wildman–Crippen MR) is 59.3 cm³/mol. The van der Waals surface area contributed by atoms with Gasteiger partial charge in [0, 0.05) is 18.0 Å². The third-order valence-electron chi connectivity index (χ3n) is 2.24. The zero-order valence-electron chi connectivity index (χ0n) is 8.25. The molecule has 3 aromatic heterocycles. The first-order valence-electron chi connectivity index (χ1n) is 4.71. The molecule has 0 fully saturated rings. The summed E-state index contributed by atoms with van der Waals surface area (Å²) in [5.41, 5.74) is 8.55. The first kappa shape index (κ1) is 8.78. The van der Waals surface area contributed by atoms with E-state index >= 15 is 0 Å². The molecule has 0 saturated carbocycles. The lowest BCUT2D eigenvalue weighted by atomic mass is 10.2. The zero-order valence-corrected chi connectivity index (χ0v) is 8.25. The van der Waals surface area contributed by atoms with E-state index in [9.17, 15) is 0 Å². The van der Waals surface area contributed by atoms with Gasteiger partial charge in [-0.15, -0.1) is 0 Å². The minimum Gasteiger partial charge on any atom is -0.368 e. The molecule has 6 nitrogen and oxygen atoms in total. The molecule has 3 heterocycles. The predicted octanol–water partition coefficient (Wildman–Crippen LogP) is 0.997. The second-order valence-corrected chi connectivity index (χ2v) is 3.27. The van der Waals surface area contributed by atoms with E-state index in [2.05, 4.69) is 24.9 Å². The third kappa shape index (κ3) is 1.28. The summed E-state index contributed by atoms with van der Waals surface area (Å²) in [5.74, 6) is 0.207. The Kier molecular flexibility index (Phi) is 1.79. The van der Waals surface area contributed by atoms with Crippen molar-refractivity contribution >= 4 is 17.1 Å². The van der Waals surface area contributed by atoms with Crippen molar-refractivity contribution in [3.63, 3.8) is 0 Å². The molecule has 0 aliphatic rings. The molecule has 0 amide bonds. The summed E-state index contributed by atoms with van der Waals surface area (Å²) in [4.78, 5) is 19.3. The molecule has 78 valence electrons. The van der Waals surface area contributed by atoms with Gasteiger partial charge in [-0.2, -0.15) is 4.98 Å². The molecular weight excluding hydrogens is 204 g/mol. The molecule has 0 spiro atoms. The van der Waals surface area contributed by atoms with E-state index < -0.39 is 0 Å². The van der Waals surface area contributed by atoms with Crippen molar-refractivity contribution in [2.24, 2.45) is 0 Å². The SMILES string of the molecule is Nc1nc(-c2cccnc2)c2[nH]cnc2n1. The molecule has 0 atom stereocenters. The van der Waals surface area contributed by atoms with Crippen molar-refractivity contribution in [1.82, 2.24) is 24.9 Å². The highest BCUT2D eigenvalue weighted by molar-refractivity contribution is 5.87. The van der Waals surface area contributed by atoms with Crippen molar-refractivity contribution < 1.29 is 0 Å². The summed E-state index contributed by atoms with van der Waals surface area (Å²) in [6.07, 6.45) is 5.00. The first-order valence-corrected chi connectivity index (χ1v) is 4.71. The number of imidazole rings is 1. The molecule has 0 aliphatic heterocycles. The molecule has 3 rings (SSSR count). The van der Waals surface area contributed by atoms with E-state index in [0.717, 1.165) is 11.1 Å². The molecule has 3 aromatic rings. The lowest BCUT2D eigenvalue weighted by Crippen LogP contribution is -1.97. The summed E-state index contributed by atoms with van der Waals surface area (Å²) in [5, 5.41) is 0. The van der Waals surface area contributed by atoms with E-state index in [4.69, 9.17) is 5.73 Å². The summed E-state index contributed by atoms with van der Waals surface area (Å²) in [6, 6.07) is 3.75. The average Bonchev–Trinajstić information content (AvgIpc) is 2.77. The van der Waals surface area contributed by atoms with Crippen LogP contribution in [0.25, 0.3) is 22.4 Å². The number of nitrogens with zero attached hydrogens (tertiary/aromatic N) is 4. The van der Waals surface area contributed by atoms with Gasteiger partial charge < -0.3 is 10.7 Å². The summed E-state index contributed by atoms with van der Waals surface area (Å²) in [7, 11) is 0. The average molecular weight is 212 g/mol. The summed E-state index contributed by atoms with van der Waals surface area (Å²) < 4.78 is 0. The van der Waals surface area contributed by atoms with Gasteiger partial charge in [-0.25, -0.2) is 9.97 Å². The van der Waals surface area contributed by atoms with Crippen LogP contribution in [0.4, 0.5) is 5.95 Å². The Morgan fingerprint density at radius 2 is 2.19 bits per heavy atom. The van der Waals surface area contributed by atoms with Crippen molar-refractivity contribution in [1.29, 1.82) is 0 Å². The van der Waals surface area contributed by atoms with Gasteiger partial charge in [0.1, 0.15) is 11.2 Å². The number of nitrogens with one attached hydrogen (secondary N) is 1. The van der Waals surface area contributed by atoms with Crippen molar-refractivity contribution in [2.45, 2.75) is 0 Å². The van der Waals surface area contributed by atoms with E-state index in [-0.39, 0.29) is 5.95 Å².